The van der Waals surface area contributed by atoms with E-state index in [4.69, 9.17) is 16.7 Å². The molecule has 3 nitrogen and oxygen atoms in total. The first-order valence-electron chi connectivity index (χ1n) is 5.32. The van der Waals surface area contributed by atoms with E-state index >= 15 is 0 Å². The highest BCUT2D eigenvalue weighted by Crippen LogP contribution is 2.10. The fraction of sp³-hybridized carbons (Fsp3) is 0.308. The number of hydrogen-bond acceptors (Lipinski definition) is 2. The van der Waals surface area contributed by atoms with Gasteiger partial charge in [0.05, 0.1) is 0 Å². The van der Waals surface area contributed by atoms with Crippen LogP contribution in [-0.4, -0.2) is 29.6 Å². The second-order valence-corrected chi connectivity index (χ2v) is 4.45. The van der Waals surface area contributed by atoms with Gasteiger partial charge in [0.2, 0.25) is 0 Å². The van der Waals surface area contributed by atoms with Gasteiger partial charge in [-0.2, -0.15) is 0 Å². The van der Waals surface area contributed by atoms with Crippen molar-refractivity contribution in [2.75, 3.05) is 13.6 Å². The van der Waals surface area contributed by atoms with Crippen molar-refractivity contribution in [1.82, 2.24) is 4.90 Å². The largest absolute Gasteiger partial charge is 0.478 e. The summed E-state index contributed by atoms with van der Waals surface area (Å²) in [6.45, 7) is 2.97. The second-order valence-electron chi connectivity index (χ2n) is 4.02. The summed E-state index contributed by atoms with van der Waals surface area (Å²) in [7, 11) is 1.94. The van der Waals surface area contributed by atoms with Gasteiger partial charge in [-0.1, -0.05) is 29.8 Å². The van der Waals surface area contributed by atoms with Crippen LogP contribution in [-0.2, 0) is 11.3 Å². The van der Waals surface area contributed by atoms with Gasteiger partial charge in [0.25, 0.3) is 0 Å². The molecule has 0 aliphatic rings. The predicted octanol–water partition coefficient (Wildman–Crippen LogP) is 2.80. The van der Waals surface area contributed by atoms with E-state index < -0.39 is 5.97 Å². The second kappa shape index (κ2) is 6.42. The molecule has 4 heteroatoms. The molecule has 0 aliphatic heterocycles. The number of carboxylic acids is 1. The summed E-state index contributed by atoms with van der Waals surface area (Å²) in [4.78, 5) is 12.6. The third kappa shape index (κ3) is 5.02. The van der Waals surface area contributed by atoms with E-state index in [1.807, 2.05) is 36.2 Å². The third-order valence-electron chi connectivity index (χ3n) is 2.41. The minimum absolute atomic E-state index is 0.368. The van der Waals surface area contributed by atoms with E-state index in [1.165, 1.54) is 0 Å². The molecule has 0 heterocycles. The Morgan fingerprint density at radius 1 is 1.41 bits per heavy atom. The number of carboxylic acid groups (broad SMARTS) is 1. The van der Waals surface area contributed by atoms with E-state index in [-0.39, 0.29) is 0 Å². The maximum atomic E-state index is 10.6. The lowest BCUT2D eigenvalue weighted by Gasteiger charge is -2.14. The van der Waals surface area contributed by atoms with Crippen molar-refractivity contribution in [3.8, 4) is 0 Å². The van der Waals surface area contributed by atoms with Crippen LogP contribution in [0.4, 0.5) is 0 Å². The van der Waals surface area contributed by atoms with Crippen molar-refractivity contribution in [2.24, 2.45) is 0 Å². The van der Waals surface area contributed by atoms with Crippen LogP contribution in [0.5, 0.6) is 0 Å². The van der Waals surface area contributed by atoms with Crippen LogP contribution >= 0.6 is 11.6 Å². The highest BCUT2D eigenvalue weighted by Gasteiger charge is 2.02. The SMILES string of the molecule is CC(=CCN(C)Cc1ccc(Cl)cc1)C(=O)O. The molecular formula is C13H16ClNO2. The molecule has 17 heavy (non-hydrogen) atoms. The molecule has 0 atom stereocenters. The molecule has 92 valence electrons. The summed E-state index contributed by atoms with van der Waals surface area (Å²) in [5.41, 5.74) is 1.52. The summed E-state index contributed by atoms with van der Waals surface area (Å²) in [5.74, 6) is -0.870. The topological polar surface area (TPSA) is 40.5 Å². The maximum Gasteiger partial charge on any atom is 0.330 e. The lowest BCUT2D eigenvalue weighted by molar-refractivity contribution is -0.132. The van der Waals surface area contributed by atoms with Gasteiger partial charge in [-0.05, 0) is 31.7 Å². The van der Waals surface area contributed by atoms with Crippen molar-refractivity contribution in [3.63, 3.8) is 0 Å². The minimum Gasteiger partial charge on any atom is -0.478 e. The zero-order valence-electron chi connectivity index (χ0n) is 9.98. The van der Waals surface area contributed by atoms with Gasteiger partial charge in [-0.3, -0.25) is 4.90 Å². The summed E-state index contributed by atoms with van der Waals surface area (Å²) in [5, 5.41) is 9.43. The Morgan fingerprint density at radius 2 is 2.00 bits per heavy atom. The van der Waals surface area contributed by atoms with Gasteiger partial charge in [-0.25, -0.2) is 4.79 Å². The Morgan fingerprint density at radius 3 is 2.53 bits per heavy atom. The van der Waals surface area contributed by atoms with Crippen molar-refractivity contribution >= 4 is 17.6 Å². The number of benzene rings is 1. The number of hydrogen-bond donors (Lipinski definition) is 1. The molecule has 0 bridgehead atoms. The van der Waals surface area contributed by atoms with Gasteiger partial charge in [-0.15, -0.1) is 0 Å². The molecule has 1 N–H and O–H groups in total. The Labute approximate surface area is 106 Å². The first kappa shape index (κ1) is 13.7. The molecule has 0 saturated carbocycles. The maximum absolute atomic E-state index is 10.6. The third-order valence-corrected chi connectivity index (χ3v) is 2.66. The molecule has 0 unspecified atom stereocenters. The number of carbonyl (C=O) groups is 1. The standard InChI is InChI=1S/C13H16ClNO2/c1-10(13(16)17)7-8-15(2)9-11-3-5-12(14)6-4-11/h3-7H,8-9H2,1-2H3,(H,16,17). The fourth-order valence-corrected chi connectivity index (χ4v) is 1.47. The van der Waals surface area contributed by atoms with Crippen LogP contribution in [0, 0.1) is 0 Å². The Bertz CT molecular complexity index is 412. The van der Waals surface area contributed by atoms with Gasteiger partial charge >= 0.3 is 5.97 Å². The molecule has 0 spiro atoms. The summed E-state index contributed by atoms with van der Waals surface area (Å²) in [6, 6.07) is 7.63. The van der Waals surface area contributed by atoms with Crippen molar-refractivity contribution in [1.29, 1.82) is 0 Å². The lowest BCUT2D eigenvalue weighted by atomic mass is 10.2. The van der Waals surface area contributed by atoms with Crippen molar-refractivity contribution in [2.45, 2.75) is 13.5 Å². The number of aliphatic carboxylic acids is 1. The molecule has 0 saturated heterocycles. The summed E-state index contributed by atoms with van der Waals surface area (Å²) in [6.07, 6.45) is 1.71. The molecule has 0 fully saturated rings. The molecule has 0 amide bonds. The Hall–Kier alpha value is -1.32. The quantitative estimate of drug-likeness (QED) is 0.821. The molecule has 1 aromatic rings. The molecule has 0 aromatic heterocycles. The van der Waals surface area contributed by atoms with Crippen LogP contribution in [0.3, 0.4) is 0 Å². The molecule has 0 aliphatic carbocycles. The fourth-order valence-electron chi connectivity index (χ4n) is 1.35. The number of likely N-dealkylation sites (N-methyl/N-ethyl adjacent to an activating group) is 1. The van der Waals surface area contributed by atoms with E-state index in [1.54, 1.807) is 13.0 Å². The molecular weight excluding hydrogens is 238 g/mol. The van der Waals surface area contributed by atoms with Gasteiger partial charge in [0, 0.05) is 23.7 Å². The minimum atomic E-state index is -0.870. The predicted molar refractivity (Wildman–Crippen MR) is 69.2 cm³/mol. The van der Waals surface area contributed by atoms with Crippen molar-refractivity contribution in [3.05, 3.63) is 46.5 Å². The zero-order valence-corrected chi connectivity index (χ0v) is 10.7. The van der Waals surface area contributed by atoms with Crippen LogP contribution < -0.4 is 0 Å². The van der Waals surface area contributed by atoms with E-state index in [2.05, 4.69) is 0 Å². The highest BCUT2D eigenvalue weighted by atomic mass is 35.5. The van der Waals surface area contributed by atoms with Gasteiger partial charge in [0.15, 0.2) is 0 Å². The average molecular weight is 254 g/mol. The van der Waals surface area contributed by atoms with Crippen LogP contribution in [0.1, 0.15) is 12.5 Å². The van der Waals surface area contributed by atoms with Crippen LogP contribution in [0.15, 0.2) is 35.9 Å². The molecule has 1 aromatic carbocycles. The van der Waals surface area contributed by atoms with Crippen molar-refractivity contribution < 1.29 is 9.90 Å². The highest BCUT2D eigenvalue weighted by molar-refractivity contribution is 6.30. The number of halogens is 1. The van der Waals surface area contributed by atoms with Crippen LogP contribution in [0.2, 0.25) is 5.02 Å². The average Bonchev–Trinajstić information content (AvgIpc) is 2.29. The lowest BCUT2D eigenvalue weighted by Crippen LogP contribution is -2.18. The Kier molecular flexibility index (Phi) is 5.19. The smallest absolute Gasteiger partial charge is 0.330 e. The normalized spacial score (nSPS) is 11.9. The van der Waals surface area contributed by atoms with Crippen LogP contribution in [0.25, 0.3) is 0 Å². The zero-order chi connectivity index (χ0) is 12.8. The first-order valence-corrected chi connectivity index (χ1v) is 5.70. The molecule has 0 radical (unpaired) electrons. The monoisotopic (exact) mass is 253 g/mol. The van der Waals surface area contributed by atoms with E-state index in [9.17, 15) is 4.79 Å². The van der Waals surface area contributed by atoms with E-state index in [0.717, 1.165) is 17.1 Å². The first-order chi connectivity index (χ1) is 7.99. The van der Waals surface area contributed by atoms with Gasteiger partial charge < -0.3 is 5.11 Å². The van der Waals surface area contributed by atoms with Gasteiger partial charge in [0.1, 0.15) is 0 Å². The summed E-state index contributed by atoms with van der Waals surface area (Å²) < 4.78 is 0. The Balaban J connectivity index is 2.50. The number of rotatable bonds is 5. The summed E-state index contributed by atoms with van der Waals surface area (Å²) >= 11 is 5.80. The van der Waals surface area contributed by atoms with E-state index in [0.29, 0.717) is 12.1 Å². The number of nitrogens with zero attached hydrogens (tertiary/aromatic N) is 1. The molecule has 1 rings (SSSR count).